The molecule has 1 heterocycles. The summed E-state index contributed by atoms with van der Waals surface area (Å²) in [5.74, 6) is 0.606. The van der Waals surface area contributed by atoms with Crippen LogP contribution in [-0.2, 0) is 10.2 Å². The maximum atomic E-state index is 13.4. The van der Waals surface area contributed by atoms with E-state index in [4.69, 9.17) is 0 Å². The van der Waals surface area contributed by atoms with Crippen molar-refractivity contribution in [2.45, 2.75) is 62.8 Å². The van der Waals surface area contributed by atoms with Gasteiger partial charge < -0.3 is 10.0 Å². The number of aliphatic hydroxyl groups is 1. The third-order valence-electron chi connectivity index (χ3n) is 6.85. The highest BCUT2D eigenvalue weighted by molar-refractivity contribution is 5.79. The van der Waals surface area contributed by atoms with Gasteiger partial charge in [-0.1, -0.05) is 36.4 Å². The lowest BCUT2D eigenvalue weighted by Crippen LogP contribution is -2.47. The summed E-state index contributed by atoms with van der Waals surface area (Å²) >= 11 is 0. The Labute approximate surface area is 172 Å². The molecule has 1 N–H and O–H groups in total. The van der Waals surface area contributed by atoms with Crippen molar-refractivity contribution in [3.05, 3.63) is 71.0 Å². The molecular weight excluding hydrogens is 365 g/mol. The number of rotatable bonds is 7. The lowest BCUT2D eigenvalue weighted by Gasteiger charge is -2.44. The van der Waals surface area contributed by atoms with Gasteiger partial charge in [0.15, 0.2) is 0 Å². The van der Waals surface area contributed by atoms with Gasteiger partial charge in [-0.2, -0.15) is 0 Å². The van der Waals surface area contributed by atoms with E-state index in [1.807, 2.05) is 4.90 Å². The molecule has 0 bridgehead atoms. The lowest BCUT2D eigenvalue weighted by atomic mass is 9.69. The summed E-state index contributed by atoms with van der Waals surface area (Å²) in [6.07, 6.45) is 5.19. The number of hydrogen-bond acceptors (Lipinski definition) is 2. The average Bonchev–Trinajstić information content (AvgIpc) is 3.58. The molecule has 2 aromatic rings. The van der Waals surface area contributed by atoms with E-state index in [9.17, 15) is 14.3 Å². The second-order valence-electron chi connectivity index (χ2n) is 8.75. The number of nitrogens with zero attached hydrogens (tertiary/aromatic N) is 1. The zero-order valence-electron chi connectivity index (χ0n) is 17.1. The van der Waals surface area contributed by atoms with Crippen LogP contribution >= 0.6 is 0 Å². The number of hydrogen-bond donors (Lipinski definition) is 1. The monoisotopic (exact) mass is 395 g/mol. The molecule has 3 nitrogen and oxygen atoms in total. The Morgan fingerprint density at radius 3 is 2.41 bits per heavy atom. The molecule has 0 spiro atoms. The SMILES string of the molecule is C[C@@H](c1ccc(C2CC2)cc1)N1CC[C@](CCCO)(c2ccc(F)cc2)CC1=O. The second-order valence-corrected chi connectivity index (χ2v) is 8.75. The Kier molecular flexibility index (Phi) is 5.73. The van der Waals surface area contributed by atoms with Gasteiger partial charge in [0.05, 0.1) is 6.04 Å². The van der Waals surface area contributed by atoms with Crippen molar-refractivity contribution in [3.8, 4) is 0 Å². The van der Waals surface area contributed by atoms with E-state index in [-0.39, 0.29) is 29.8 Å². The van der Waals surface area contributed by atoms with Crippen LogP contribution in [0.2, 0.25) is 0 Å². The molecule has 2 atom stereocenters. The molecule has 29 heavy (non-hydrogen) atoms. The highest BCUT2D eigenvalue weighted by Crippen LogP contribution is 2.43. The molecule has 1 aliphatic heterocycles. The molecule has 2 aromatic carbocycles. The predicted molar refractivity (Wildman–Crippen MR) is 112 cm³/mol. The highest BCUT2D eigenvalue weighted by Gasteiger charge is 2.41. The van der Waals surface area contributed by atoms with Crippen LogP contribution < -0.4 is 0 Å². The van der Waals surface area contributed by atoms with Gasteiger partial charge in [0.25, 0.3) is 0 Å². The first-order valence-corrected chi connectivity index (χ1v) is 10.8. The number of aliphatic hydroxyl groups excluding tert-OH is 1. The number of carbonyl (C=O) groups is 1. The van der Waals surface area contributed by atoms with E-state index in [1.54, 1.807) is 12.1 Å². The number of halogens is 1. The van der Waals surface area contributed by atoms with E-state index in [1.165, 1.54) is 36.1 Å². The van der Waals surface area contributed by atoms with Crippen LogP contribution in [0.4, 0.5) is 4.39 Å². The fourth-order valence-electron chi connectivity index (χ4n) is 4.82. The van der Waals surface area contributed by atoms with E-state index in [0.29, 0.717) is 19.4 Å². The van der Waals surface area contributed by atoms with Crippen molar-refractivity contribution >= 4 is 5.91 Å². The van der Waals surface area contributed by atoms with E-state index in [0.717, 1.165) is 24.3 Å². The minimum Gasteiger partial charge on any atom is -0.396 e. The van der Waals surface area contributed by atoms with E-state index >= 15 is 0 Å². The Balaban J connectivity index is 1.51. The van der Waals surface area contributed by atoms with Crippen LogP contribution in [0.5, 0.6) is 0 Å². The average molecular weight is 396 g/mol. The summed E-state index contributed by atoms with van der Waals surface area (Å²) in [4.78, 5) is 15.2. The fourth-order valence-corrected chi connectivity index (χ4v) is 4.82. The fraction of sp³-hybridized carbons (Fsp3) is 0.480. The topological polar surface area (TPSA) is 40.5 Å². The maximum absolute atomic E-state index is 13.4. The Morgan fingerprint density at radius 1 is 1.14 bits per heavy atom. The molecule has 4 heteroatoms. The summed E-state index contributed by atoms with van der Waals surface area (Å²) in [5, 5.41) is 9.37. The third kappa shape index (κ3) is 4.23. The van der Waals surface area contributed by atoms with Gasteiger partial charge in [0, 0.05) is 25.0 Å². The number of benzene rings is 2. The normalized spacial score (nSPS) is 23.3. The molecule has 2 aliphatic rings. The molecular formula is C25H30FNO2. The van der Waals surface area contributed by atoms with Gasteiger partial charge >= 0.3 is 0 Å². The smallest absolute Gasteiger partial charge is 0.223 e. The summed E-state index contributed by atoms with van der Waals surface area (Å²) < 4.78 is 13.4. The van der Waals surface area contributed by atoms with Crippen LogP contribution in [0.1, 0.15) is 74.1 Å². The third-order valence-corrected chi connectivity index (χ3v) is 6.85. The summed E-state index contributed by atoms with van der Waals surface area (Å²) in [6, 6.07) is 15.3. The summed E-state index contributed by atoms with van der Waals surface area (Å²) in [6.45, 7) is 2.88. The second kappa shape index (κ2) is 8.27. The molecule has 1 saturated carbocycles. The van der Waals surface area contributed by atoms with Crippen LogP contribution in [0.3, 0.4) is 0 Å². The molecule has 1 amide bonds. The van der Waals surface area contributed by atoms with Gasteiger partial charge in [0.1, 0.15) is 5.82 Å². The molecule has 1 saturated heterocycles. The van der Waals surface area contributed by atoms with Crippen molar-refractivity contribution in [1.82, 2.24) is 4.90 Å². The van der Waals surface area contributed by atoms with Crippen molar-refractivity contribution in [2.24, 2.45) is 0 Å². The van der Waals surface area contributed by atoms with Crippen molar-refractivity contribution in [1.29, 1.82) is 0 Å². The van der Waals surface area contributed by atoms with Gasteiger partial charge in [-0.05, 0) is 73.8 Å². The lowest BCUT2D eigenvalue weighted by molar-refractivity contribution is -0.138. The summed E-state index contributed by atoms with van der Waals surface area (Å²) in [5.41, 5.74) is 3.26. The van der Waals surface area contributed by atoms with Gasteiger partial charge in [0.2, 0.25) is 5.91 Å². The van der Waals surface area contributed by atoms with Gasteiger partial charge in [-0.15, -0.1) is 0 Å². The molecule has 1 aliphatic carbocycles. The first-order valence-electron chi connectivity index (χ1n) is 10.8. The maximum Gasteiger partial charge on any atom is 0.223 e. The minimum absolute atomic E-state index is 0.0415. The predicted octanol–water partition coefficient (Wildman–Crippen LogP) is 5.10. The van der Waals surface area contributed by atoms with Crippen molar-refractivity contribution in [3.63, 3.8) is 0 Å². The summed E-state index contributed by atoms with van der Waals surface area (Å²) in [7, 11) is 0. The number of amides is 1. The molecule has 0 radical (unpaired) electrons. The Hall–Kier alpha value is -2.20. The van der Waals surface area contributed by atoms with Crippen LogP contribution in [0.25, 0.3) is 0 Å². The van der Waals surface area contributed by atoms with E-state index < -0.39 is 0 Å². The zero-order valence-corrected chi connectivity index (χ0v) is 17.1. The first kappa shape index (κ1) is 20.1. The van der Waals surface area contributed by atoms with Crippen molar-refractivity contribution < 1.29 is 14.3 Å². The number of piperidine rings is 1. The minimum atomic E-state index is -0.320. The molecule has 0 aromatic heterocycles. The highest BCUT2D eigenvalue weighted by atomic mass is 19.1. The largest absolute Gasteiger partial charge is 0.396 e. The van der Waals surface area contributed by atoms with Crippen LogP contribution in [-0.4, -0.2) is 29.1 Å². The number of likely N-dealkylation sites (tertiary alicyclic amines) is 1. The van der Waals surface area contributed by atoms with Crippen molar-refractivity contribution in [2.75, 3.05) is 13.2 Å². The van der Waals surface area contributed by atoms with Crippen LogP contribution in [0, 0.1) is 5.82 Å². The Morgan fingerprint density at radius 2 is 1.83 bits per heavy atom. The Bertz CT molecular complexity index is 844. The molecule has 2 fully saturated rings. The quantitative estimate of drug-likeness (QED) is 0.709. The molecule has 0 unspecified atom stereocenters. The van der Waals surface area contributed by atoms with Crippen LogP contribution in [0.15, 0.2) is 48.5 Å². The molecule has 4 rings (SSSR count). The standard InChI is InChI=1S/C25H30FNO2/c1-18(19-3-5-20(6-4-19)21-7-8-21)27-15-14-25(13-2-16-28,17-24(27)29)22-9-11-23(26)12-10-22/h3-6,9-12,18,21,28H,2,7-8,13-17H2,1H3/t18-,25-/m0/s1. The zero-order chi connectivity index (χ0) is 20.4. The van der Waals surface area contributed by atoms with E-state index in [2.05, 4.69) is 31.2 Å². The van der Waals surface area contributed by atoms with Gasteiger partial charge in [-0.25, -0.2) is 4.39 Å². The van der Waals surface area contributed by atoms with Gasteiger partial charge in [-0.3, -0.25) is 4.79 Å². The molecule has 154 valence electrons. The first-order chi connectivity index (χ1) is 14.0. The number of carbonyl (C=O) groups excluding carboxylic acids is 1.